The topological polar surface area (TPSA) is 18.5 Å². The van der Waals surface area contributed by atoms with Crippen LogP contribution in [-0.2, 0) is 25.1 Å². The van der Waals surface area contributed by atoms with E-state index in [4.69, 9.17) is 4.74 Å². The average molecular weight is 482 g/mol. The number of unbranched alkanes of at least 4 members (excludes halogenated alkanes) is 1. The van der Waals surface area contributed by atoms with Crippen molar-refractivity contribution in [3.63, 3.8) is 0 Å². The fourth-order valence-electron chi connectivity index (χ4n) is 3.34. The van der Waals surface area contributed by atoms with Crippen LogP contribution in [0.2, 0.25) is 0 Å². The Morgan fingerprint density at radius 1 is 0.676 bits per heavy atom. The lowest BCUT2D eigenvalue weighted by Crippen LogP contribution is -2.25. The summed E-state index contributed by atoms with van der Waals surface area (Å²) in [5.74, 6) is -3.53. The molecule has 0 unspecified atom stereocenters. The van der Waals surface area contributed by atoms with Crippen LogP contribution in [0.4, 0.5) is 26.3 Å². The second-order valence-corrected chi connectivity index (χ2v) is 7.80. The van der Waals surface area contributed by atoms with Crippen molar-refractivity contribution in [3.05, 3.63) is 94.6 Å². The number of hydrogen-bond acceptors (Lipinski definition) is 2. The summed E-state index contributed by atoms with van der Waals surface area (Å²) in [6.45, 7) is 3.67. The Kier molecular flexibility index (Phi) is 7.79. The molecule has 0 radical (unpaired) electrons. The highest BCUT2D eigenvalue weighted by Gasteiger charge is 2.41. The van der Waals surface area contributed by atoms with Crippen molar-refractivity contribution in [2.24, 2.45) is 0 Å². The first kappa shape index (κ1) is 25.5. The quantitative estimate of drug-likeness (QED) is 0.272. The van der Waals surface area contributed by atoms with Gasteiger partial charge in [0, 0.05) is 0 Å². The molecule has 0 fully saturated rings. The summed E-state index contributed by atoms with van der Waals surface area (Å²) in [5.41, 5.74) is -0.957. The van der Waals surface area contributed by atoms with Crippen molar-refractivity contribution in [2.75, 3.05) is 0 Å². The van der Waals surface area contributed by atoms with Gasteiger partial charge in [-0.05, 0) is 78.9 Å². The molecule has 3 aromatic carbocycles. The third-order valence-electron chi connectivity index (χ3n) is 5.23. The van der Waals surface area contributed by atoms with Crippen LogP contribution in [0, 0.1) is 11.6 Å². The highest BCUT2D eigenvalue weighted by atomic mass is 19.3. The summed E-state index contributed by atoms with van der Waals surface area (Å²) < 4.78 is 95.4. The van der Waals surface area contributed by atoms with E-state index in [9.17, 15) is 26.3 Å². The fourth-order valence-corrected chi connectivity index (χ4v) is 3.34. The number of hydrogen-bond donors (Lipinski definition) is 0. The second kappa shape index (κ2) is 10.4. The van der Waals surface area contributed by atoms with Crippen LogP contribution >= 0.6 is 0 Å². The molecule has 0 N–H and O–H groups in total. The van der Waals surface area contributed by atoms with Crippen LogP contribution in [0.5, 0.6) is 11.5 Å². The summed E-state index contributed by atoms with van der Waals surface area (Å²) in [7, 11) is 0. The molecule has 182 valence electrons. The van der Waals surface area contributed by atoms with Crippen LogP contribution in [0.3, 0.4) is 0 Å². The van der Waals surface area contributed by atoms with E-state index in [1.165, 1.54) is 12.1 Å². The standard InChI is InChI=1S/C26H24F6O2/c1-3-5-6-18-7-11-20(12-8-18)33-25(29,30)19-9-13-21(14-10-19)34-26(31,32)24-22(27)15-17(4-2)16-23(24)28/h7-16H,3-6H2,1-2H3. The second-order valence-electron chi connectivity index (χ2n) is 7.80. The largest absolute Gasteiger partial charge is 0.432 e. The number of halogens is 6. The van der Waals surface area contributed by atoms with E-state index >= 15 is 0 Å². The number of benzene rings is 3. The van der Waals surface area contributed by atoms with Crippen molar-refractivity contribution < 1.29 is 35.8 Å². The third kappa shape index (κ3) is 6.04. The Labute approximate surface area is 194 Å². The maximum atomic E-state index is 14.5. The van der Waals surface area contributed by atoms with Gasteiger partial charge in [0.2, 0.25) is 0 Å². The summed E-state index contributed by atoms with van der Waals surface area (Å²) in [5, 5.41) is 0. The molecule has 34 heavy (non-hydrogen) atoms. The van der Waals surface area contributed by atoms with Crippen LogP contribution in [0.15, 0.2) is 60.7 Å². The van der Waals surface area contributed by atoms with E-state index in [-0.39, 0.29) is 17.7 Å². The molecular weight excluding hydrogens is 458 g/mol. The minimum absolute atomic E-state index is 0.0569. The van der Waals surface area contributed by atoms with Crippen LogP contribution < -0.4 is 9.47 Å². The lowest BCUT2D eigenvalue weighted by atomic mass is 10.1. The number of ether oxygens (including phenoxy) is 2. The number of aryl methyl sites for hydroxylation is 2. The van der Waals surface area contributed by atoms with E-state index in [1.54, 1.807) is 19.1 Å². The molecule has 3 rings (SSSR count). The van der Waals surface area contributed by atoms with Gasteiger partial charge in [-0.2, -0.15) is 17.6 Å². The van der Waals surface area contributed by atoms with E-state index in [0.29, 0.717) is 0 Å². The maximum Gasteiger partial charge on any atom is 0.432 e. The Morgan fingerprint density at radius 2 is 1.18 bits per heavy atom. The van der Waals surface area contributed by atoms with E-state index in [0.717, 1.165) is 61.2 Å². The van der Waals surface area contributed by atoms with Crippen molar-refractivity contribution in [3.8, 4) is 11.5 Å². The molecule has 0 aliphatic rings. The van der Waals surface area contributed by atoms with Crippen LogP contribution in [-0.4, -0.2) is 0 Å². The van der Waals surface area contributed by atoms with Gasteiger partial charge in [0.15, 0.2) is 0 Å². The summed E-state index contributed by atoms with van der Waals surface area (Å²) in [6.07, 6.45) is -5.04. The van der Waals surface area contributed by atoms with Gasteiger partial charge < -0.3 is 9.47 Å². The zero-order chi connectivity index (χ0) is 24.9. The monoisotopic (exact) mass is 482 g/mol. The van der Waals surface area contributed by atoms with Gasteiger partial charge in [0.1, 0.15) is 28.7 Å². The molecule has 0 aliphatic carbocycles. The molecule has 0 saturated heterocycles. The van der Waals surface area contributed by atoms with Crippen molar-refractivity contribution in [2.45, 2.75) is 51.7 Å². The number of alkyl halides is 4. The fraction of sp³-hybridized carbons (Fsp3) is 0.308. The predicted molar refractivity (Wildman–Crippen MR) is 116 cm³/mol. The van der Waals surface area contributed by atoms with Crippen molar-refractivity contribution in [1.82, 2.24) is 0 Å². The molecule has 8 heteroatoms. The lowest BCUT2D eigenvalue weighted by Gasteiger charge is -2.21. The third-order valence-corrected chi connectivity index (χ3v) is 5.23. The van der Waals surface area contributed by atoms with E-state index in [1.807, 2.05) is 0 Å². The zero-order valence-corrected chi connectivity index (χ0v) is 18.7. The molecule has 0 amide bonds. The van der Waals surface area contributed by atoms with E-state index < -0.39 is 40.7 Å². The first-order chi connectivity index (χ1) is 16.1. The minimum Gasteiger partial charge on any atom is -0.429 e. The molecule has 0 aliphatic heterocycles. The molecule has 3 aromatic rings. The maximum absolute atomic E-state index is 14.5. The Balaban J connectivity index is 1.72. The van der Waals surface area contributed by atoms with Gasteiger partial charge in [-0.15, -0.1) is 0 Å². The summed E-state index contributed by atoms with van der Waals surface area (Å²) in [6, 6.07) is 11.3. The van der Waals surface area contributed by atoms with Gasteiger partial charge >= 0.3 is 12.2 Å². The highest BCUT2D eigenvalue weighted by molar-refractivity contribution is 5.34. The van der Waals surface area contributed by atoms with E-state index in [2.05, 4.69) is 11.7 Å². The molecule has 0 bridgehead atoms. The Morgan fingerprint density at radius 3 is 1.68 bits per heavy atom. The molecule has 0 aromatic heterocycles. The first-order valence-corrected chi connectivity index (χ1v) is 10.9. The van der Waals surface area contributed by atoms with Gasteiger partial charge in [-0.3, -0.25) is 0 Å². The van der Waals surface area contributed by atoms with Crippen LogP contribution in [0.25, 0.3) is 0 Å². The van der Waals surface area contributed by atoms with Gasteiger partial charge in [0.25, 0.3) is 0 Å². The van der Waals surface area contributed by atoms with Crippen LogP contribution in [0.1, 0.15) is 48.9 Å². The average Bonchev–Trinajstić information content (AvgIpc) is 2.77. The molecule has 0 heterocycles. The van der Waals surface area contributed by atoms with Gasteiger partial charge in [-0.25, -0.2) is 8.78 Å². The highest BCUT2D eigenvalue weighted by Crippen LogP contribution is 2.37. The normalized spacial score (nSPS) is 12.0. The molecule has 2 nitrogen and oxygen atoms in total. The SMILES string of the molecule is CCCCc1ccc(OC(F)(F)c2ccc(OC(F)(F)c3c(F)cc(CC)cc3F)cc2)cc1. The van der Waals surface area contributed by atoms with Crippen molar-refractivity contribution in [1.29, 1.82) is 0 Å². The zero-order valence-electron chi connectivity index (χ0n) is 18.7. The number of rotatable bonds is 10. The van der Waals surface area contributed by atoms with Gasteiger partial charge in [0.05, 0.1) is 5.56 Å². The molecule has 0 spiro atoms. The lowest BCUT2D eigenvalue weighted by molar-refractivity contribution is -0.190. The Bertz CT molecular complexity index is 1070. The minimum atomic E-state index is -4.36. The summed E-state index contributed by atoms with van der Waals surface area (Å²) in [4.78, 5) is 0. The smallest absolute Gasteiger partial charge is 0.429 e. The molecule has 0 atom stereocenters. The first-order valence-electron chi connectivity index (χ1n) is 10.9. The predicted octanol–water partition coefficient (Wildman–Crippen LogP) is 8.13. The summed E-state index contributed by atoms with van der Waals surface area (Å²) >= 11 is 0. The molecule has 0 saturated carbocycles. The van der Waals surface area contributed by atoms with Crippen molar-refractivity contribution >= 4 is 0 Å². The molecular formula is C26H24F6O2. The van der Waals surface area contributed by atoms with Gasteiger partial charge in [-0.1, -0.05) is 32.4 Å². The Hall–Kier alpha value is -3.16.